The first-order valence-corrected chi connectivity index (χ1v) is 14.4. The summed E-state index contributed by atoms with van der Waals surface area (Å²) in [7, 11) is 4.67. The zero-order valence-corrected chi connectivity index (χ0v) is 22.7. The summed E-state index contributed by atoms with van der Waals surface area (Å²) < 4.78 is 33.4. The molecule has 0 aliphatic rings. The summed E-state index contributed by atoms with van der Waals surface area (Å²) in [6, 6.07) is 1.93. The number of nitrogens with one attached hydrogen (secondary N) is 1. The van der Waals surface area contributed by atoms with Crippen LogP contribution in [-0.2, 0) is 26.6 Å². The van der Waals surface area contributed by atoms with E-state index in [0.29, 0.717) is 0 Å². The van der Waals surface area contributed by atoms with E-state index in [1.54, 1.807) is 42.7 Å². The van der Waals surface area contributed by atoms with Crippen LogP contribution in [0.1, 0.15) is 40.5 Å². The van der Waals surface area contributed by atoms with Crippen molar-refractivity contribution in [3.8, 4) is 0 Å². The Balaban J connectivity index is 5.33. The Labute approximate surface area is 186 Å². The average Bonchev–Trinajstić information content (AvgIpc) is 2.72. The average molecular weight is 468 g/mol. The lowest BCUT2D eigenvalue weighted by Crippen LogP contribution is -2.48. The van der Waals surface area contributed by atoms with Crippen LogP contribution in [0.15, 0.2) is 4.99 Å². The highest BCUT2D eigenvalue weighted by molar-refractivity contribution is 6.60. The molecule has 0 rings (SSSR count). The Hall–Kier alpha value is -0.536. The summed E-state index contributed by atoms with van der Waals surface area (Å²) in [6.45, 7) is 10.0. The molecule has 0 atom stereocenters. The van der Waals surface area contributed by atoms with E-state index in [1.165, 1.54) is 0 Å². The fourth-order valence-corrected chi connectivity index (χ4v) is 6.53. The molecular weight excluding hydrogens is 422 g/mol. The van der Waals surface area contributed by atoms with E-state index < -0.39 is 17.6 Å². The molecule has 9 nitrogen and oxygen atoms in total. The van der Waals surface area contributed by atoms with Crippen molar-refractivity contribution in [3.63, 3.8) is 0 Å². The molecule has 1 N–H and O–H groups in total. The Morgan fingerprint density at radius 2 is 1.10 bits per heavy atom. The number of hydrogen-bond donors (Lipinski definition) is 1. The van der Waals surface area contributed by atoms with Crippen LogP contribution in [-0.4, -0.2) is 96.3 Å². The molecule has 0 unspecified atom stereocenters. The van der Waals surface area contributed by atoms with Crippen molar-refractivity contribution < 1.29 is 26.6 Å². The van der Waals surface area contributed by atoms with Gasteiger partial charge < -0.3 is 36.8 Å². The smallest absolute Gasteiger partial charge is 0.377 e. The molecule has 0 fully saturated rings. The standard InChI is InChI=1S/C19H45N3O6Si2/c1-17(2)20-19(21-18(3)4)22(13-11-15-29(23-5,24-6)25-7)14-12-16-30(26-8,27-9)28-10/h17-18H,11-16H2,1-10H3,(H,20,21). The number of hydrogen-bond acceptors (Lipinski definition) is 7. The van der Waals surface area contributed by atoms with Gasteiger partial charge in [0.2, 0.25) is 0 Å². The molecule has 30 heavy (non-hydrogen) atoms. The Kier molecular flexibility index (Phi) is 15.0. The number of aliphatic imine (C=N–C) groups is 1. The lowest BCUT2D eigenvalue weighted by molar-refractivity contribution is 0.121. The van der Waals surface area contributed by atoms with Crippen LogP contribution in [0.25, 0.3) is 0 Å². The maximum Gasteiger partial charge on any atom is 0.500 e. The molecule has 0 spiro atoms. The number of rotatable bonds is 16. The van der Waals surface area contributed by atoms with E-state index in [4.69, 9.17) is 31.5 Å². The zero-order chi connectivity index (χ0) is 23.2. The quantitative estimate of drug-likeness (QED) is 0.211. The van der Waals surface area contributed by atoms with Crippen LogP contribution in [0.3, 0.4) is 0 Å². The molecule has 180 valence electrons. The highest BCUT2D eigenvalue weighted by Crippen LogP contribution is 2.18. The summed E-state index contributed by atoms with van der Waals surface area (Å²) in [4.78, 5) is 7.11. The van der Waals surface area contributed by atoms with Crippen molar-refractivity contribution in [1.82, 2.24) is 10.2 Å². The molecule has 0 aliphatic heterocycles. The van der Waals surface area contributed by atoms with E-state index in [1.807, 2.05) is 0 Å². The second-order valence-corrected chi connectivity index (χ2v) is 13.8. The summed E-state index contributed by atoms with van der Waals surface area (Å²) in [5.74, 6) is 0.902. The summed E-state index contributed by atoms with van der Waals surface area (Å²) >= 11 is 0. The van der Waals surface area contributed by atoms with Gasteiger partial charge in [-0.3, -0.25) is 4.99 Å². The molecule has 0 bridgehead atoms. The third-order valence-electron chi connectivity index (χ3n) is 4.79. The SMILES string of the molecule is CO[Si](CCCN(CCC[Si](OC)(OC)OC)/C(=N/C(C)C)NC(C)C)(OC)OC. The van der Waals surface area contributed by atoms with Crippen molar-refractivity contribution in [3.05, 3.63) is 0 Å². The van der Waals surface area contributed by atoms with Crippen molar-refractivity contribution in [2.75, 3.05) is 55.7 Å². The van der Waals surface area contributed by atoms with Crippen molar-refractivity contribution in [2.24, 2.45) is 4.99 Å². The van der Waals surface area contributed by atoms with Crippen molar-refractivity contribution in [2.45, 2.75) is 64.7 Å². The molecule has 0 amide bonds. The fraction of sp³-hybridized carbons (Fsp3) is 0.947. The zero-order valence-electron chi connectivity index (χ0n) is 20.7. The van der Waals surface area contributed by atoms with E-state index in [0.717, 1.165) is 44.0 Å². The molecule has 0 radical (unpaired) electrons. The topological polar surface area (TPSA) is 83.0 Å². The second-order valence-electron chi connectivity index (χ2n) is 7.63. The molecule has 0 saturated carbocycles. The molecule has 0 aromatic heterocycles. The summed E-state index contributed by atoms with van der Waals surface area (Å²) in [5.41, 5.74) is 0. The van der Waals surface area contributed by atoms with Crippen LogP contribution in [0.2, 0.25) is 12.1 Å². The van der Waals surface area contributed by atoms with Crippen LogP contribution < -0.4 is 5.32 Å². The Morgan fingerprint density at radius 3 is 1.37 bits per heavy atom. The lowest BCUT2D eigenvalue weighted by Gasteiger charge is -2.31. The summed E-state index contributed by atoms with van der Waals surface area (Å²) in [5, 5.41) is 3.50. The van der Waals surface area contributed by atoms with Crippen molar-refractivity contribution in [1.29, 1.82) is 0 Å². The third kappa shape index (κ3) is 10.2. The first-order chi connectivity index (χ1) is 14.2. The van der Waals surface area contributed by atoms with Gasteiger partial charge in [0.25, 0.3) is 0 Å². The molecule has 11 heteroatoms. The van der Waals surface area contributed by atoms with Gasteiger partial charge in [0.15, 0.2) is 5.96 Å². The van der Waals surface area contributed by atoms with Gasteiger partial charge in [0.05, 0.1) is 0 Å². The largest absolute Gasteiger partial charge is 0.500 e. The maximum atomic E-state index is 5.56. The van der Waals surface area contributed by atoms with Gasteiger partial charge in [0.1, 0.15) is 0 Å². The minimum atomic E-state index is -2.60. The maximum absolute atomic E-state index is 5.56. The third-order valence-corrected chi connectivity index (χ3v) is 10.4. The van der Waals surface area contributed by atoms with Gasteiger partial charge in [-0.1, -0.05) is 0 Å². The Morgan fingerprint density at radius 1 is 0.733 bits per heavy atom. The predicted octanol–water partition coefficient (Wildman–Crippen LogP) is 2.59. The highest BCUT2D eigenvalue weighted by atomic mass is 28.4. The predicted molar refractivity (Wildman–Crippen MR) is 125 cm³/mol. The minimum absolute atomic E-state index is 0.185. The molecule has 0 aromatic rings. The normalized spacial score (nSPS) is 13.4. The Bertz CT molecular complexity index is 433. The van der Waals surface area contributed by atoms with Crippen LogP contribution in [0, 0.1) is 0 Å². The van der Waals surface area contributed by atoms with Gasteiger partial charge in [-0.25, -0.2) is 0 Å². The van der Waals surface area contributed by atoms with E-state index >= 15 is 0 Å². The monoisotopic (exact) mass is 467 g/mol. The number of guanidine groups is 1. The van der Waals surface area contributed by atoms with Crippen LogP contribution >= 0.6 is 0 Å². The lowest BCUT2D eigenvalue weighted by atomic mass is 10.3. The second kappa shape index (κ2) is 15.3. The highest BCUT2D eigenvalue weighted by Gasteiger charge is 2.38. The first-order valence-electron chi connectivity index (χ1n) is 10.6. The van der Waals surface area contributed by atoms with Gasteiger partial charge in [0, 0.05) is 79.9 Å². The summed E-state index contributed by atoms with van der Waals surface area (Å²) in [6.07, 6.45) is 1.72. The van der Waals surface area contributed by atoms with E-state index in [2.05, 4.69) is 37.9 Å². The van der Waals surface area contributed by atoms with E-state index in [9.17, 15) is 0 Å². The first kappa shape index (κ1) is 29.5. The van der Waals surface area contributed by atoms with Crippen LogP contribution in [0.4, 0.5) is 0 Å². The van der Waals surface area contributed by atoms with Gasteiger partial charge >= 0.3 is 17.6 Å². The molecule has 0 heterocycles. The molecular formula is C19H45N3O6Si2. The molecule has 0 aliphatic carbocycles. The fourth-order valence-electron chi connectivity index (χ4n) is 3.12. The minimum Gasteiger partial charge on any atom is -0.377 e. The molecule has 0 saturated heterocycles. The van der Waals surface area contributed by atoms with Gasteiger partial charge in [-0.2, -0.15) is 0 Å². The number of nitrogens with zero attached hydrogens (tertiary/aromatic N) is 2. The van der Waals surface area contributed by atoms with Crippen LogP contribution in [0.5, 0.6) is 0 Å². The van der Waals surface area contributed by atoms with E-state index in [-0.39, 0.29) is 12.1 Å². The molecule has 0 aromatic carbocycles. The van der Waals surface area contributed by atoms with Gasteiger partial charge in [-0.05, 0) is 40.5 Å². The van der Waals surface area contributed by atoms with Crippen molar-refractivity contribution >= 4 is 23.6 Å². The van der Waals surface area contributed by atoms with Gasteiger partial charge in [-0.15, -0.1) is 0 Å².